The monoisotopic (exact) mass is 430 g/mol. The highest BCUT2D eigenvalue weighted by Crippen LogP contribution is 2.33. The molecule has 6 nitrogen and oxygen atoms in total. The predicted molar refractivity (Wildman–Crippen MR) is 127 cm³/mol. The van der Waals surface area contributed by atoms with Crippen molar-refractivity contribution in [1.82, 2.24) is 0 Å². The number of carbonyl (C=O) groups is 2. The number of amides is 2. The van der Waals surface area contributed by atoms with Gasteiger partial charge in [-0.2, -0.15) is 0 Å². The zero-order valence-electron chi connectivity index (χ0n) is 18.3. The lowest BCUT2D eigenvalue weighted by Gasteiger charge is -2.14. The average molecular weight is 431 g/mol. The number of hydrogen-bond acceptors (Lipinski definition) is 4. The van der Waals surface area contributed by atoms with Gasteiger partial charge in [0.1, 0.15) is 0 Å². The summed E-state index contributed by atoms with van der Waals surface area (Å²) in [5.74, 6) is 1.16. The molecule has 0 aliphatic carbocycles. The largest absolute Gasteiger partial charge is 0.493 e. The van der Waals surface area contributed by atoms with Gasteiger partial charge in [0, 0.05) is 11.4 Å². The second-order valence-electron chi connectivity index (χ2n) is 6.99. The Morgan fingerprint density at radius 3 is 2.06 bits per heavy atom. The second kappa shape index (κ2) is 10.8. The van der Waals surface area contributed by atoms with Crippen LogP contribution in [-0.2, 0) is 4.79 Å². The first-order valence-corrected chi connectivity index (χ1v) is 10.3. The number of rotatable bonds is 8. The zero-order valence-corrected chi connectivity index (χ0v) is 18.3. The third kappa shape index (κ3) is 5.98. The summed E-state index contributed by atoms with van der Waals surface area (Å²) in [6, 6.07) is 21.7. The van der Waals surface area contributed by atoms with Gasteiger partial charge < -0.3 is 20.1 Å². The molecule has 0 bridgehead atoms. The summed E-state index contributed by atoms with van der Waals surface area (Å²) in [5, 5.41) is 5.58. The van der Waals surface area contributed by atoms with Gasteiger partial charge in [-0.3, -0.25) is 4.79 Å². The molecular formula is C26H26N2O4. The van der Waals surface area contributed by atoms with Crippen molar-refractivity contribution >= 4 is 28.8 Å². The molecule has 0 unspecified atom stereocenters. The Labute approximate surface area is 187 Å². The predicted octanol–water partition coefficient (Wildman–Crippen LogP) is 5.76. The Balaban J connectivity index is 1.83. The first-order chi connectivity index (χ1) is 15.5. The summed E-state index contributed by atoms with van der Waals surface area (Å²) in [6.07, 6.45) is 1.59. The van der Waals surface area contributed by atoms with Gasteiger partial charge in [0.05, 0.1) is 13.7 Å². The standard InChI is InChI=1S/C26H26N2O4/c1-4-32-25-17-20(12-15-24(25)31-3)23(16-18(2)29)19-10-13-22(14-11-19)28-26(30)27-21-8-6-5-7-9-21/h5-17H,4H2,1-3H3,(H2,27,28,30). The summed E-state index contributed by atoms with van der Waals surface area (Å²) in [7, 11) is 1.59. The molecule has 0 saturated carbocycles. The second-order valence-corrected chi connectivity index (χ2v) is 6.99. The fourth-order valence-corrected chi connectivity index (χ4v) is 3.20. The zero-order chi connectivity index (χ0) is 22.9. The normalized spacial score (nSPS) is 10.9. The van der Waals surface area contributed by atoms with Gasteiger partial charge in [0.15, 0.2) is 17.3 Å². The summed E-state index contributed by atoms with van der Waals surface area (Å²) >= 11 is 0. The Morgan fingerprint density at radius 1 is 0.844 bits per heavy atom. The molecule has 2 amide bonds. The molecule has 3 aromatic carbocycles. The lowest BCUT2D eigenvalue weighted by molar-refractivity contribution is -0.112. The van der Waals surface area contributed by atoms with E-state index in [0.717, 1.165) is 16.7 Å². The van der Waals surface area contributed by atoms with E-state index in [0.29, 0.717) is 29.5 Å². The minimum atomic E-state index is -0.333. The number of carbonyl (C=O) groups excluding carboxylic acids is 2. The van der Waals surface area contributed by atoms with Crippen LogP contribution in [-0.4, -0.2) is 25.5 Å². The van der Waals surface area contributed by atoms with E-state index in [4.69, 9.17) is 9.47 Å². The Hall–Kier alpha value is -4.06. The number of ketones is 1. The van der Waals surface area contributed by atoms with E-state index in [2.05, 4.69) is 10.6 Å². The van der Waals surface area contributed by atoms with Crippen LogP contribution in [0.25, 0.3) is 5.57 Å². The van der Waals surface area contributed by atoms with Crippen molar-refractivity contribution in [2.75, 3.05) is 24.4 Å². The maximum absolute atomic E-state index is 12.2. The lowest BCUT2D eigenvalue weighted by atomic mass is 9.96. The van der Waals surface area contributed by atoms with Gasteiger partial charge in [-0.05, 0) is 73.0 Å². The fourth-order valence-electron chi connectivity index (χ4n) is 3.20. The number of anilines is 2. The molecule has 0 radical (unpaired) electrons. The number of allylic oxidation sites excluding steroid dienone is 1. The van der Waals surface area contributed by atoms with Crippen LogP contribution in [0, 0.1) is 0 Å². The molecule has 3 rings (SSSR count). The first kappa shape index (κ1) is 22.6. The van der Waals surface area contributed by atoms with E-state index in [1.807, 2.05) is 67.6 Å². The molecule has 0 aliphatic rings. The molecule has 164 valence electrons. The smallest absolute Gasteiger partial charge is 0.323 e. The molecule has 0 aromatic heterocycles. The summed E-state index contributed by atoms with van der Waals surface area (Å²) < 4.78 is 11.0. The van der Waals surface area contributed by atoms with Crippen molar-refractivity contribution in [3.63, 3.8) is 0 Å². The van der Waals surface area contributed by atoms with Crippen LogP contribution in [0.1, 0.15) is 25.0 Å². The van der Waals surface area contributed by atoms with Crippen LogP contribution in [0.2, 0.25) is 0 Å². The van der Waals surface area contributed by atoms with Crippen molar-refractivity contribution in [3.8, 4) is 11.5 Å². The summed E-state index contributed by atoms with van der Waals surface area (Å²) in [5.41, 5.74) is 3.75. The number of benzene rings is 3. The highest BCUT2D eigenvalue weighted by molar-refractivity contribution is 6.01. The highest BCUT2D eigenvalue weighted by atomic mass is 16.5. The lowest BCUT2D eigenvalue weighted by Crippen LogP contribution is -2.19. The van der Waals surface area contributed by atoms with Crippen molar-refractivity contribution < 1.29 is 19.1 Å². The van der Waals surface area contributed by atoms with Crippen LogP contribution in [0.3, 0.4) is 0 Å². The van der Waals surface area contributed by atoms with Crippen LogP contribution in [0.15, 0.2) is 78.9 Å². The van der Waals surface area contributed by atoms with E-state index in [-0.39, 0.29) is 11.8 Å². The van der Waals surface area contributed by atoms with E-state index in [9.17, 15) is 9.59 Å². The molecule has 0 fully saturated rings. The minimum Gasteiger partial charge on any atom is -0.493 e. The Morgan fingerprint density at radius 2 is 1.47 bits per heavy atom. The van der Waals surface area contributed by atoms with Crippen molar-refractivity contribution in [2.45, 2.75) is 13.8 Å². The SMILES string of the molecule is CCOc1cc(C(=CC(C)=O)c2ccc(NC(=O)Nc3ccccc3)cc2)ccc1OC. The average Bonchev–Trinajstić information content (AvgIpc) is 2.79. The van der Waals surface area contributed by atoms with Gasteiger partial charge in [-0.25, -0.2) is 4.79 Å². The minimum absolute atomic E-state index is 0.0711. The van der Waals surface area contributed by atoms with Crippen LogP contribution in [0.4, 0.5) is 16.2 Å². The number of nitrogens with one attached hydrogen (secondary N) is 2. The Kier molecular flexibility index (Phi) is 7.65. The van der Waals surface area contributed by atoms with Gasteiger partial charge >= 0.3 is 6.03 Å². The van der Waals surface area contributed by atoms with Crippen molar-refractivity contribution in [2.24, 2.45) is 0 Å². The summed E-state index contributed by atoms with van der Waals surface area (Å²) in [6.45, 7) is 3.91. The van der Waals surface area contributed by atoms with Crippen molar-refractivity contribution in [3.05, 3.63) is 90.0 Å². The van der Waals surface area contributed by atoms with E-state index in [1.54, 1.807) is 25.3 Å². The topological polar surface area (TPSA) is 76.7 Å². The quantitative estimate of drug-likeness (QED) is 0.446. The third-order valence-corrected chi connectivity index (χ3v) is 4.61. The molecule has 0 heterocycles. The number of urea groups is 1. The molecule has 0 atom stereocenters. The molecular weight excluding hydrogens is 404 g/mol. The molecule has 2 N–H and O–H groups in total. The van der Waals surface area contributed by atoms with Gasteiger partial charge in [-0.1, -0.05) is 36.4 Å². The van der Waals surface area contributed by atoms with Gasteiger partial charge in [0.25, 0.3) is 0 Å². The highest BCUT2D eigenvalue weighted by Gasteiger charge is 2.12. The maximum atomic E-state index is 12.2. The van der Waals surface area contributed by atoms with Crippen LogP contribution >= 0.6 is 0 Å². The molecule has 3 aromatic rings. The number of para-hydroxylation sites is 1. The Bertz CT molecular complexity index is 1110. The van der Waals surface area contributed by atoms with Gasteiger partial charge in [-0.15, -0.1) is 0 Å². The van der Waals surface area contributed by atoms with E-state index < -0.39 is 0 Å². The molecule has 6 heteroatoms. The number of hydrogen-bond donors (Lipinski definition) is 2. The van der Waals surface area contributed by atoms with E-state index >= 15 is 0 Å². The van der Waals surface area contributed by atoms with E-state index in [1.165, 1.54) is 6.92 Å². The van der Waals surface area contributed by atoms with Crippen LogP contribution < -0.4 is 20.1 Å². The summed E-state index contributed by atoms with van der Waals surface area (Å²) in [4.78, 5) is 24.1. The van der Waals surface area contributed by atoms with Crippen molar-refractivity contribution in [1.29, 1.82) is 0 Å². The molecule has 0 spiro atoms. The van der Waals surface area contributed by atoms with Gasteiger partial charge in [0.2, 0.25) is 0 Å². The third-order valence-electron chi connectivity index (χ3n) is 4.61. The number of methoxy groups -OCH3 is 1. The maximum Gasteiger partial charge on any atom is 0.323 e. The first-order valence-electron chi connectivity index (χ1n) is 10.3. The fraction of sp³-hybridized carbons (Fsp3) is 0.154. The molecule has 0 saturated heterocycles. The number of ether oxygens (including phenoxy) is 2. The molecule has 0 aliphatic heterocycles. The van der Waals surface area contributed by atoms with Crippen LogP contribution in [0.5, 0.6) is 11.5 Å². The molecule has 32 heavy (non-hydrogen) atoms.